The van der Waals surface area contributed by atoms with E-state index in [0.29, 0.717) is 107 Å². The molecule has 3 aliphatic rings. The van der Waals surface area contributed by atoms with Crippen molar-refractivity contribution in [3.8, 4) is 56.8 Å². The Bertz CT molecular complexity index is 2330. The second kappa shape index (κ2) is 19.4. The van der Waals surface area contributed by atoms with Gasteiger partial charge in [0.05, 0.1) is 64.5 Å². The number of fused-ring (bicyclic) bond motifs is 6. The molecule has 2 atom stereocenters. The van der Waals surface area contributed by atoms with Crippen molar-refractivity contribution in [1.82, 2.24) is 10.6 Å². The molecule has 1 saturated carbocycles. The van der Waals surface area contributed by atoms with Gasteiger partial charge in [-0.3, -0.25) is 19.2 Å². The maximum Gasteiger partial charge on any atom is 0.223 e. The van der Waals surface area contributed by atoms with Crippen molar-refractivity contribution in [3.05, 3.63) is 91.2 Å². The zero-order valence-corrected chi connectivity index (χ0v) is 38.1. The van der Waals surface area contributed by atoms with Gasteiger partial charge in [0, 0.05) is 23.0 Å². The number of benzene rings is 2. The average Bonchev–Trinajstić information content (AvgIpc) is 3.69. The van der Waals surface area contributed by atoms with E-state index in [0.717, 1.165) is 33.4 Å². The first-order chi connectivity index (χ1) is 30.0. The number of carbonyl (C=O) groups excluding carboxylic acids is 2. The fourth-order valence-corrected chi connectivity index (χ4v) is 10.4. The Balaban J connectivity index is 1.12. The van der Waals surface area contributed by atoms with Crippen LogP contribution in [-0.4, -0.2) is 67.0 Å². The van der Waals surface area contributed by atoms with Gasteiger partial charge in [-0.05, 0) is 134 Å². The molecule has 1 fully saturated rings. The summed E-state index contributed by atoms with van der Waals surface area (Å²) >= 11 is 2.74. The average molecular weight is 883 g/mol. The first kappa shape index (κ1) is 44.7. The Hall–Kier alpha value is -5.34. The van der Waals surface area contributed by atoms with Crippen LogP contribution in [0.1, 0.15) is 72.9 Å². The first-order valence-electron chi connectivity index (χ1n) is 20.7. The number of carbonyl (C=O) groups is 2. The molecule has 7 rings (SSSR count). The zero-order valence-electron chi connectivity index (χ0n) is 36.5. The van der Waals surface area contributed by atoms with E-state index in [1.54, 1.807) is 54.8 Å². The third kappa shape index (κ3) is 8.43. The van der Waals surface area contributed by atoms with Crippen LogP contribution in [0, 0.1) is 11.8 Å². The molecule has 3 aliphatic carbocycles. The van der Waals surface area contributed by atoms with Gasteiger partial charge in [-0.25, -0.2) is 0 Å². The van der Waals surface area contributed by atoms with Gasteiger partial charge in [-0.2, -0.15) is 0 Å². The van der Waals surface area contributed by atoms with E-state index in [2.05, 4.69) is 10.6 Å². The molecular formula is C48H54N2O10S2. The summed E-state index contributed by atoms with van der Waals surface area (Å²) in [6.45, 7) is 0. The summed E-state index contributed by atoms with van der Waals surface area (Å²) in [5, 5.41) is 6.65. The Morgan fingerprint density at radius 2 is 0.887 bits per heavy atom. The van der Waals surface area contributed by atoms with E-state index >= 15 is 0 Å². The quantitative estimate of drug-likeness (QED) is 0.133. The third-order valence-corrected chi connectivity index (χ3v) is 14.1. The summed E-state index contributed by atoms with van der Waals surface area (Å²) in [5.41, 5.74) is 6.23. The van der Waals surface area contributed by atoms with Crippen LogP contribution in [-0.2, 0) is 22.4 Å². The smallest absolute Gasteiger partial charge is 0.223 e. The normalized spacial score (nSPS) is 18.8. The van der Waals surface area contributed by atoms with E-state index in [9.17, 15) is 19.2 Å². The summed E-state index contributed by atoms with van der Waals surface area (Å²) in [4.78, 5) is 56.6. The van der Waals surface area contributed by atoms with Gasteiger partial charge in [0.2, 0.25) is 23.3 Å². The number of methoxy groups -OCH3 is 6. The minimum atomic E-state index is -0.459. The van der Waals surface area contributed by atoms with Crippen molar-refractivity contribution in [2.45, 2.75) is 73.2 Å². The lowest BCUT2D eigenvalue weighted by Crippen LogP contribution is -2.39. The van der Waals surface area contributed by atoms with Crippen LogP contribution in [0.3, 0.4) is 0 Å². The first-order valence-corrected chi connectivity index (χ1v) is 23.2. The van der Waals surface area contributed by atoms with E-state index < -0.39 is 12.1 Å². The van der Waals surface area contributed by atoms with Gasteiger partial charge in [0.1, 0.15) is 0 Å². The number of ether oxygens (including phenoxy) is 6. The van der Waals surface area contributed by atoms with Crippen LogP contribution >= 0.6 is 23.5 Å². The number of rotatable bonds is 12. The number of amides is 2. The van der Waals surface area contributed by atoms with Crippen molar-refractivity contribution in [1.29, 1.82) is 0 Å². The number of thioether (sulfide) groups is 2. The maximum atomic E-state index is 14.2. The molecule has 0 saturated heterocycles. The molecule has 12 nitrogen and oxygen atoms in total. The molecule has 2 amide bonds. The molecule has 0 heterocycles. The van der Waals surface area contributed by atoms with E-state index in [4.69, 9.17) is 28.4 Å². The Morgan fingerprint density at radius 3 is 1.21 bits per heavy atom. The summed E-state index contributed by atoms with van der Waals surface area (Å²) in [5.74, 6) is 2.13. The van der Waals surface area contributed by atoms with Crippen molar-refractivity contribution in [3.63, 3.8) is 0 Å². The van der Waals surface area contributed by atoms with Crippen LogP contribution < -0.4 is 49.9 Å². The summed E-state index contributed by atoms with van der Waals surface area (Å²) in [6.07, 6.45) is 8.08. The number of nitrogens with one attached hydrogen (secondary N) is 2. The molecule has 4 aromatic rings. The third-order valence-electron chi connectivity index (χ3n) is 12.5. The number of hydrogen-bond donors (Lipinski definition) is 2. The molecule has 2 N–H and O–H groups in total. The highest BCUT2D eigenvalue weighted by molar-refractivity contribution is 7.98. The van der Waals surface area contributed by atoms with Crippen molar-refractivity contribution < 1.29 is 38.0 Å². The molecule has 14 heteroatoms. The van der Waals surface area contributed by atoms with Gasteiger partial charge in [0.15, 0.2) is 33.9 Å². The molecule has 0 unspecified atom stereocenters. The summed E-state index contributed by atoms with van der Waals surface area (Å²) in [6, 6.07) is 13.7. The van der Waals surface area contributed by atoms with Gasteiger partial charge >= 0.3 is 0 Å². The van der Waals surface area contributed by atoms with E-state index in [1.165, 1.54) is 23.5 Å². The zero-order chi connectivity index (χ0) is 44.2. The minimum Gasteiger partial charge on any atom is -0.493 e. The second-order valence-corrected chi connectivity index (χ2v) is 17.4. The maximum absolute atomic E-state index is 14.2. The van der Waals surface area contributed by atoms with Gasteiger partial charge < -0.3 is 39.1 Å². The van der Waals surface area contributed by atoms with Crippen LogP contribution in [0.5, 0.6) is 34.5 Å². The fourth-order valence-electron chi connectivity index (χ4n) is 9.43. The van der Waals surface area contributed by atoms with Crippen molar-refractivity contribution in [2.24, 2.45) is 11.8 Å². The highest BCUT2D eigenvalue weighted by Gasteiger charge is 2.36. The molecule has 0 radical (unpaired) electrons. The lowest BCUT2D eigenvalue weighted by molar-refractivity contribution is -0.131. The molecule has 62 heavy (non-hydrogen) atoms. The number of hydrogen-bond acceptors (Lipinski definition) is 12. The lowest BCUT2D eigenvalue weighted by atomic mass is 9.80. The van der Waals surface area contributed by atoms with E-state index in [-0.39, 0.29) is 34.5 Å². The summed E-state index contributed by atoms with van der Waals surface area (Å²) in [7, 11) is 9.45. The highest BCUT2D eigenvalue weighted by Crippen LogP contribution is 2.52. The SMILES string of the molecule is COc1cc2c(c(OC)c1OC)-c1ccc(SC)c(=O)cc1[C@@H](NC(=O)[C@H]1CC[C@H](C(=O)N[C@H]3CCc4cc(OC)c(OC)c(OC)c4-c4ccc(SC)c(=O)cc43)CC1)CC2. The Labute approximate surface area is 370 Å². The topological polar surface area (TPSA) is 148 Å². The largest absolute Gasteiger partial charge is 0.493 e. The minimum absolute atomic E-state index is 0.104. The van der Waals surface area contributed by atoms with Crippen LogP contribution in [0.2, 0.25) is 0 Å². The molecule has 0 bridgehead atoms. The highest BCUT2D eigenvalue weighted by atomic mass is 32.2. The Kier molecular flexibility index (Phi) is 14.0. The van der Waals surface area contributed by atoms with Crippen LogP contribution in [0.4, 0.5) is 0 Å². The monoisotopic (exact) mass is 882 g/mol. The molecule has 328 valence electrons. The number of aryl methyl sites for hydroxylation is 2. The van der Waals surface area contributed by atoms with E-state index in [1.807, 2.05) is 48.9 Å². The molecule has 0 aromatic heterocycles. The fraction of sp³-hybridized carbons (Fsp3) is 0.417. The van der Waals surface area contributed by atoms with Crippen LogP contribution in [0.25, 0.3) is 22.3 Å². The van der Waals surface area contributed by atoms with Crippen LogP contribution in [0.15, 0.2) is 67.9 Å². The van der Waals surface area contributed by atoms with Crippen molar-refractivity contribution in [2.75, 3.05) is 55.2 Å². The van der Waals surface area contributed by atoms with Gasteiger partial charge in [-0.1, -0.05) is 12.1 Å². The standard InChI is InChI=1S/C48H54N2O10S2/c1-55-37-21-27-13-17-33(31-23-35(51)39(61-7)19-15-29(31)41(27)45(59-5)43(37)57-3)49-47(53)25-9-11-26(12-10-25)48(54)50-34-18-14-28-22-38(56-2)44(58-4)46(60-6)42(28)30-16-20-40(62-8)36(52)24-32(30)34/h15-16,19-26,33-34H,9-14,17-18H2,1-8H3,(H,49,53)(H,50,54)/t25-,26-,33-,34-/m0/s1. The van der Waals surface area contributed by atoms with Gasteiger partial charge in [-0.15, -0.1) is 23.5 Å². The second-order valence-electron chi connectivity index (χ2n) is 15.7. The predicted molar refractivity (Wildman–Crippen MR) is 243 cm³/mol. The molecule has 0 aliphatic heterocycles. The van der Waals surface area contributed by atoms with Gasteiger partial charge in [0.25, 0.3) is 0 Å². The Morgan fingerprint density at radius 1 is 0.516 bits per heavy atom. The summed E-state index contributed by atoms with van der Waals surface area (Å²) < 4.78 is 34.7. The lowest BCUT2D eigenvalue weighted by Gasteiger charge is -2.30. The van der Waals surface area contributed by atoms with Crippen molar-refractivity contribution >= 4 is 35.3 Å². The molecule has 4 aromatic carbocycles. The predicted octanol–water partition coefficient (Wildman–Crippen LogP) is 7.95. The molecular weight excluding hydrogens is 829 g/mol. The molecule has 0 spiro atoms.